The van der Waals surface area contributed by atoms with Gasteiger partial charge >= 0.3 is 0 Å². The number of amides is 3. The summed E-state index contributed by atoms with van der Waals surface area (Å²) in [5.41, 5.74) is 0.869. The molecule has 0 aliphatic carbocycles. The molecule has 0 saturated carbocycles. The number of hydrogen-bond donors (Lipinski definition) is 1. The van der Waals surface area contributed by atoms with Gasteiger partial charge in [0.15, 0.2) is 5.82 Å². The molecule has 2 heterocycles. The highest BCUT2D eigenvalue weighted by molar-refractivity contribution is 6.23. The molecule has 158 valence electrons. The van der Waals surface area contributed by atoms with E-state index in [2.05, 4.69) is 20.8 Å². The van der Waals surface area contributed by atoms with Crippen molar-refractivity contribution in [3.05, 3.63) is 65.2 Å². The van der Waals surface area contributed by atoms with E-state index in [4.69, 9.17) is 0 Å². The maximum Gasteiger partial charge on any atom is 0.262 e. The van der Waals surface area contributed by atoms with Gasteiger partial charge in [0.2, 0.25) is 5.91 Å². The number of tetrazole rings is 1. The number of imide groups is 1. The summed E-state index contributed by atoms with van der Waals surface area (Å²) >= 11 is 0. The van der Waals surface area contributed by atoms with Crippen LogP contribution in [0.1, 0.15) is 40.4 Å². The van der Waals surface area contributed by atoms with Crippen LogP contribution in [0.5, 0.6) is 0 Å². The van der Waals surface area contributed by atoms with E-state index in [0.717, 1.165) is 4.90 Å². The number of rotatable bonds is 5. The summed E-state index contributed by atoms with van der Waals surface area (Å²) in [6.45, 7) is 5.10. The zero-order valence-electron chi connectivity index (χ0n) is 17.0. The molecule has 3 amide bonds. The van der Waals surface area contributed by atoms with E-state index in [1.165, 1.54) is 22.9 Å². The Morgan fingerprint density at radius 3 is 2.26 bits per heavy atom. The maximum absolute atomic E-state index is 14.3. The third-order valence-corrected chi connectivity index (χ3v) is 5.07. The number of anilines is 1. The monoisotopic (exact) mass is 422 g/mol. The molecule has 0 saturated heterocycles. The van der Waals surface area contributed by atoms with Crippen LogP contribution in [0.15, 0.2) is 42.5 Å². The SMILES string of the molecule is Cc1nnnn1-c1cc(NC(=O)C(C(C)C)N2C(=O)c3ccccc3C2=O)ccc1F. The van der Waals surface area contributed by atoms with Gasteiger partial charge in [0.25, 0.3) is 11.8 Å². The zero-order chi connectivity index (χ0) is 22.3. The molecule has 3 aromatic rings. The number of hydrogen-bond acceptors (Lipinski definition) is 6. The molecule has 1 N–H and O–H groups in total. The first-order valence-corrected chi connectivity index (χ1v) is 9.62. The average Bonchev–Trinajstić information content (AvgIpc) is 3.26. The van der Waals surface area contributed by atoms with Crippen LogP contribution >= 0.6 is 0 Å². The van der Waals surface area contributed by atoms with Crippen LogP contribution < -0.4 is 5.32 Å². The lowest BCUT2D eigenvalue weighted by atomic mass is 10.0. The number of halogens is 1. The summed E-state index contributed by atoms with van der Waals surface area (Å²) in [6, 6.07) is 9.36. The Morgan fingerprint density at radius 1 is 1.06 bits per heavy atom. The molecule has 10 heteroatoms. The van der Waals surface area contributed by atoms with Crippen LogP contribution in [0.2, 0.25) is 0 Å². The van der Waals surface area contributed by atoms with Gasteiger partial charge in [-0.25, -0.2) is 4.39 Å². The molecule has 1 atom stereocenters. The molecule has 1 aliphatic heterocycles. The van der Waals surface area contributed by atoms with Gasteiger partial charge in [0.05, 0.1) is 11.1 Å². The Hall–Kier alpha value is -3.95. The molecule has 1 unspecified atom stereocenters. The van der Waals surface area contributed by atoms with Crippen molar-refractivity contribution in [2.75, 3.05) is 5.32 Å². The highest BCUT2D eigenvalue weighted by Gasteiger charge is 2.43. The van der Waals surface area contributed by atoms with Crippen molar-refractivity contribution in [1.82, 2.24) is 25.1 Å². The van der Waals surface area contributed by atoms with E-state index in [0.29, 0.717) is 5.82 Å². The lowest BCUT2D eigenvalue weighted by Crippen LogP contribution is -2.50. The fraction of sp³-hybridized carbons (Fsp3) is 0.238. The maximum atomic E-state index is 14.3. The first kappa shape index (κ1) is 20.3. The predicted molar refractivity (Wildman–Crippen MR) is 108 cm³/mol. The number of aromatic nitrogens is 4. The summed E-state index contributed by atoms with van der Waals surface area (Å²) in [7, 11) is 0. The van der Waals surface area contributed by atoms with Gasteiger partial charge in [-0.1, -0.05) is 26.0 Å². The molecule has 0 spiro atoms. The molecular weight excluding hydrogens is 403 g/mol. The Labute approximate surface area is 176 Å². The number of aryl methyl sites for hydroxylation is 1. The van der Waals surface area contributed by atoms with Gasteiger partial charge in [-0.2, -0.15) is 4.68 Å². The number of nitrogens with one attached hydrogen (secondary N) is 1. The highest BCUT2D eigenvalue weighted by Crippen LogP contribution is 2.28. The third kappa shape index (κ3) is 3.45. The lowest BCUT2D eigenvalue weighted by Gasteiger charge is -2.28. The lowest BCUT2D eigenvalue weighted by molar-refractivity contribution is -0.121. The van der Waals surface area contributed by atoms with Crippen molar-refractivity contribution in [1.29, 1.82) is 0 Å². The second kappa shape index (κ2) is 7.71. The Morgan fingerprint density at radius 2 is 1.71 bits per heavy atom. The van der Waals surface area contributed by atoms with Crippen LogP contribution in [0.25, 0.3) is 5.69 Å². The van der Waals surface area contributed by atoms with Crippen LogP contribution in [0, 0.1) is 18.7 Å². The van der Waals surface area contributed by atoms with Gasteiger partial charge in [-0.3, -0.25) is 19.3 Å². The van der Waals surface area contributed by atoms with E-state index >= 15 is 0 Å². The number of benzene rings is 2. The fourth-order valence-electron chi connectivity index (χ4n) is 3.60. The fourth-order valence-corrected chi connectivity index (χ4v) is 3.60. The smallest absolute Gasteiger partial charge is 0.262 e. The van der Waals surface area contributed by atoms with Crippen LogP contribution in [-0.2, 0) is 4.79 Å². The van der Waals surface area contributed by atoms with E-state index in [-0.39, 0.29) is 28.4 Å². The molecule has 4 rings (SSSR count). The van der Waals surface area contributed by atoms with Gasteiger partial charge < -0.3 is 5.32 Å². The minimum atomic E-state index is -1.05. The molecule has 2 aromatic carbocycles. The zero-order valence-corrected chi connectivity index (χ0v) is 17.0. The normalized spacial score (nSPS) is 14.2. The minimum Gasteiger partial charge on any atom is -0.324 e. The van der Waals surface area contributed by atoms with E-state index in [1.807, 2.05) is 0 Å². The first-order valence-electron chi connectivity index (χ1n) is 9.62. The number of fused-ring (bicyclic) bond motifs is 1. The molecule has 1 aromatic heterocycles. The summed E-state index contributed by atoms with van der Waals surface area (Å²) in [6.07, 6.45) is 0. The van der Waals surface area contributed by atoms with Crippen molar-refractivity contribution in [3.8, 4) is 5.69 Å². The summed E-state index contributed by atoms with van der Waals surface area (Å²) in [5.74, 6) is -2.15. The highest BCUT2D eigenvalue weighted by atomic mass is 19.1. The Bertz CT molecular complexity index is 1170. The summed E-state index contributed by atoms with van der Waals surface area (Å²) in [5, 5.41) is 13.7. The third-order valence-electron chi connectivity index (χ3n) is 5.07. The topological polar surface area (TPSA) is 110 Å². The van der Waals surface area contributed by atoms with Gasteiger partial charge in [0.1, 0.15) is 17.5 Å². The van der Waals surface area contributed by atoms with Gasteiger partial charge in [-0.05, 0) is 53.6 Å². The van der Waals surface area contributed by atoms with Crippen LogP contribution in [-0.4, -0.2) is 48.9 Å². The van der Waals surface area contributed by atoms with Crippen LogP contribution in [0.4, 0.5) is 10.1 Å². The summed E-state index contributed by atoms with van der Waals surface area (Å²) in [4.78, 5) is 39.8. The van der Waals surface area contributed by atoms with E-state index < -0.39 is 29.6 Å². The molecule has 0 fully saturated rings. The predicted octanol–water partition coefficient (Wildman–Crippen LogP) is 2.37. The first-order chi connectivity index (χ1) is 14.8. The van der Waals surface area contributed by atoms with E-state index in [9.17, 15) is 18.8 Å². The Balaban J connectivity index is 1.64. The van der Waals surface area contributed by atoms with Crippen molar-refractivity contribution in [2.24, 2.45) is 5.92 Å². The standard InChI is InChI=1S/C21H19FN6O3/c1-11(2)18(27-20(30)14-6-4-5-7-15(14)21(27)31)19(29)23-13-8-9-16(22)17(10-13)28-12(3)24-25-26-28/h4-11,18H,1-3H3,(H,23,29). The minimum absolute atomic E-state index is 0.0575. The molecular formula is C21H19FN6O3. The quantitative estimate of drug-likeness (QED) is 0.632. The number of nitrogens with zero attached hydrogens (tertiary/aromatic N) is 5. The summed E-state index contributed by atoms with van der Waals surface area (Å²) < 4.78 is 15.5. The van der Waals surface area contributed by atoms with Crippen molar-refractivity contribution in [3.63, 3.8) is 0 Å². The van der Waals surface area contributed by atoms with Crippen molar-refractivity contribution < 1.29 is 18.8 Å². The molecule has 0 radical (unpaired) electrons. The van der Waals surface area contributed by atoms with Crippen LogP contribution in [0.3, 0.4) is 0 Å². The van der Waals surface area contributed by atoms with Gasteiger partial charge in [0, 0.05) is 5.69 Å². The van der Waals surface area contributed by atoms with Crippen molar-refractivity contribution >= 4 is 23.4 Å². The number of carbonyl (C=O) groups excluding carboxylic acids is 3. The largest absolute Gasteiger partial charge is 0.324 e. The second-order valence-corrected chi connectivity index (χ2v) is 7.51. The molecule has 1 aliphatic rings. The molecule has 0 bridgehead atoms. The van der Waals surface area contributed by atoms with E-state index in [1.54, 1.807) is 45.0 Å². The molecule has 31 heavy (non-hydrogen) atoms. The second-order valence-electron chi connectivity index (χ2n) is 7.51. The van der Waals surface area contributed by atoms with Gasteiger partial charge in [-0.15, -0.1) is 5.10 Å². The average molecular weight is 422 g/mol. The molecule has 9 nitrogen and oxygen atoms in total. The number of carbonyl (C=O) groups is 3. The Kier molecular flexibility index (Phi) is 5.05. The van der Waals surface area contributed by atoms with Crippen molar-refractivity contribution in [2.45, 2.75) is 26.8 Å².